The number of carbonyl (C=O) groups excluding carboxylic acids is 1. The molecule has 14 heteroatoms. The molecule has 1 atom stereocenters. The molecule has 182 valence electrons. The molecule has 0 spiro atoms. The van der Waals surface area contributed by atoms with Crippen molar-refractivity contribution >= 4 is 40.0 Å². The number of amides is 1. The number of nitrogens with two attached hydrogens (primary N) is 1. The molecule has 4 rings (SSSR count). The highest BCUT2D eigenvalue weighted by molar-refractivity contribution is 6.30. The maximum atomic E-state index is 15.0. The lowest BCUT2D eigenvalue weighted by Gasteiger charge is -2.16. The number of alkyl halides is 3. The van der Waals surface area contributed by atoms with Crippen LogP contribution < -0.4 is 11.1 Å². The number of hydrogen-bond acceptors (Lipinski definition) is 6. The highest BCUT2D eigenvalue weighted by atomic mass is 35.5. The van der Waals surface area contributed by atoms with Gasteiger partial charge >= 0.3 is 6.18 Å². The van der Waals surface area contributed by atoms with Gasteiger partial charge in [-0.1, -0.05) is 11.6 Å². The van der Waals surface area contributed by atoms with Crippen LogP contribution in [0.25, 0.3) is 16.7 Å². The van der Waals surface area contributed by atoms with Gasteiger partial charge in [-0.3, -0.25) is 4.79 Å². The largest absolute Gasteiger partial charge is 0.416 e. The number of benzene rings is 2. The van der Waals surface area contributed by atoms with Crippen LogP contribution in [-0.4, -0.2) is 30.8 Å². The lowest BCUT2D eigenvalue weighted by Crippen LogP contribution is -2.22. The normalized spacial score (nSPS) is 12.7. The molecule has 0 fully saturated rings. The molecule has 35 heavy (non-hydrogen) atoms. The van der Waals surface area contributed by atoms with E-state index in [0.717, 1.165) is 22.9 Å². The average Bonchev–Trinajstić information content (AvgIpc) is 3.13. The summed E-state index contributed by atoms with van der Waals surface area (Å²) in [5.74, 6) is -4.28. The van der Waals surface area contributed by atoms with Crippen LogP contribution in [-0.2, 0) is 11.0 Å². The van der Waals surface area contributed by atoms with Gasteiger partial charge in [0.1, 0.15) is 23.0 Å². The molecule has 0 saturated heterocycles. The molecule has 1 amide bonds. The molecule has 0 aliphatic rings. The van der Waals surface area contributed by atoms with Crippen molar-refractivity contribution in [2.45, 2.75) is 19.2 Å². The number of nitrogen functional groups attached to an aromatic ring is 1. The first-order valence-electron chi connectivity index (χ1n) is 9.69. The van der Waals surface area contributed by atoms with E-state index < -0.39 is 46.6 Å². The number of aliphatic hydroxyl groups excluding tert-OH is 1. The van der Waals surface area contributed by atoms with E-state index in [0.29, 0.717) is 23.3 Å². The zero-order valence-electron chi connectivity index (χ0n) is 17.5. The maximum Gasteiger partial charge on any atom is 0.416 e. The van der Waals surface area contributed by atoms with Gasteiger partial charge in [0, 0.05) is 5.02 Å². The minimum absolute atomic E-state index is 0.0318. The van der Waals surface area contributed by atoms with Crippen molar-refractivity contribution in [1.29, 1.82) is 0 Å². The summed E-state index contributed by atoms with van der Waals surface area (Å²) in [6.45, 7) is 1.58. The van der Waals surface area contributed by atoms with E-state index >= 15 is 0 Å². The number of nitrogens with one attached hydrogen (secondary N) is 1. The second-order valence-corrected chi connectivity index (χ2v) is 7.81. The number of anilines is 2. The highest BCUT2D eigenvalue weighted by Gasteiger charge is 2.32. The van der Waals surface area contributed by atoms with Gasteiger partial charge in [-0.15, -0.1) is 0 Å². The first-order chi connectivity index (χ1) is 16.4. The number of aliphatic hydroxyl groups is 1. The summed E-state index contributed by atoms with van der Waals surface area (Å²) in [5, 5.41) is 15.9. The number of carbonyl (C=O) groups is 1. The van der Waals surface area contributed by atoms with Gasteiger partial charge in [-0.2, -0.15) is 18.3 Å². The zero-order chi connectivity index (χ0) is 25.7. The first-order valence-corrected chi connectivity index (χ1v) is 10.1. The topological polar surface area (TPSA) is 119 Å². The van der Waals surface area contributed by atoms with Crippen molar-refractivity contribution in [3.05, 3.63) is 70.1 Å². The fraction of sp³-hybridized carbons (Fsp3) is 0.143. The molecule has 2 heterocycles. The molecule has 4 aromatic rings. The summed E-state index contributed by atoms with van der Waals surface area (Å²) < 4.78 is 69.8. The second-order valence-electron chi connectivity index (χ2n) is 7.38. The van der Waals surface area contributed by atoms with Crippen LogP contribution in [0.3, 0.4) is 0 Å². The molecule has 0 bridgehead atoms. The summed E-state index contributed by atoms with van der Waals surface area (Å²) in [5.41, 5.74) is 3.93. The lowest BCUT2D eigenvalue weighted by molar-refractivity contribution is -0.138. The summed E-state index contributed by atoms with van der Waals surface area (Å²) in [4.78, 5) is 20.2. The average molecular weight is 513 g/mol. The van der Waals surface area contributed by atoms with Crippen LogP contribution in [0.15, 0.2) is 36.7 Å². The molecule has 4 N–H and O–H groups in total. The van der Waals surface area contributed by atoms with Gasteiger partial charge in [0.2, 0.25) is 0 Å². The van der Waals surface area contributed by atoms with Gasteiger partial charge in [0.05, 0.1) is 16.9 Å². The number of hydrogen-bond donors (Lipinski definition) is 3. The van der Waals surface area contributed by atoms with Crippen LogP contribution in [0.2, 0.25) is 5.02 Å². The molecule has 0 aliphatic carbocycles. The van der Waals surface area contributed by atoms with Crippen molar-refractivity contribution in [1.82, 2.24) is 19.7 Å². The molecule has 0 radical (unpaired) electrons. The fourth-order valence-corrected chi connectivity index (χ4v) is 3.62. The van der Waals surface area contributed by atoms with E-state index in [1.807, 2.05) is 5.32 Å². The molecule has 2 aromatic carbocycles. The number of aromatic nitrogens is 4. The molecule has 2 aromatic heterocycles. The number of aryl methyl sites for hydroxylation is 1. The highest BCUT2D eigenvalue weighted by Crippen LogP contribution is 2.34. The SMILES string of the molecule is Cc1nn(-c2ccc(NC(=O)C(O)c3cc(Cl)cc(C(F)(F)F)c3)c(F)c2F)c2c(N)ncnc12. The van der Waals surface area contributed by atoms with E-state index in [1.54, 1.807) is 6.92 Å². The Balaban J connectivity index is 1.66. The third-order valence-electron chi connectivity index (χ3n) is 5.01. The van der Waals surface area contributed by atoms with E-state index in [-0.39, 0.29) is 22.0 Å². The quantitative estimate of drug-likeness (QED) is 0.350. The number of rotatable bonds is 4. The van der Waals surface area contributed by atoms with Crippen molar-refractivity contribution in [3.8, 4) is 5.69 Å². The maximum absolute atomic E-state index is 15.0. The Morgan fingerprint density at radius 3 is 2.57 bits per heavy atom. The van der Waals surface area contributed by atoms with Gasteiger partial charge in [0.15, 0.2) is 23.6 Å². The van der Waals surface area contributed by atoms with Gasteiger partial charge in [-0.05, 0) is 42.8 Å². The van der Waals surface area contributed by atoms with Crippen molar-refractivity contribution < 1.29 is 31.9 Å². The van der Waals surface area contributed by atoms with Crippen LogP contribution in [0.5, 0.6) is 0 Å². The lowest BCUT2D eigenvalue weighted by atomic mass is 10.0. The van der Waals surface area contributed by atoms with Crippen molar-refractivity contribution in [2.75, 3.05) is 11.1 Å². The molecule has 1 unspecified atom stereocenters. The molecule has 8 nitrogen and oxygen atoms in total. The monoisotopic (exact) mass is 512 g/mol. The van der Waals surface area contributed by atoms with E-state index in [1.165, 1.54) is 6.33 Å². The smallest absolute Gasteiger partial charge is 0.382 e. The minimum Gasteiger partial charge on any atom is -0.382 e. The second kappa shape index (κ2) is 8.74. The van der Waals surface area contributed by atoms with Crippen LogP contribution >= 0.6 is 11.6 Å². The predicted octanol–water partition coefficient (Wildman–Crippen LogP) is 4.33. The Labute approximate surface area is 198 Å². The Hall–Kier alpha value is -3.84. The van der Waals surface area contributed by atoms with Crippen LogP contribution in [0.4, 0.5) is 33.5 Å². The standard InChI is InChI=1S/C21H14ClF5N6O2/c1-8-16-17(19(28)30-7-29-16)33(32-8)13-3-2-12(14(23)15(13)24)31-20(35)18(34)9-4-10(21(25,26)27)6-11(22)5-9/h2-7,18,34H,1H3,(H,31,35)(H2,28,29,30). The van der Waals surface area contributed by atoms with Gasteiger partial charge in [0.25, 0.3) is 5.91 Å². The zero-order valence-corrected chi connectivity index (χ0v) is 18.3. The summed E-state index contributed by atoms with van der Waals surface area (Å²) in [6.07, 6.45) is -5.76. The van der Waals surface area contributed by atoms with Crippen molar-refractivity contribution in [3.63, 3.8) is 0 Å². The van der Waals surface area contributed by atoms with Crippen molar-refractivity contribution in [2.24, 2.45) is 0 Å². The van der Waals surface area contributed by atoms with Crippen LogP contribution in [0.1, 0.15) is 22.9 Å². The third-order valence-corrected chi connectivity index (χ3v) is 5.23. The fourth-order valence-electron chi connectivity index (χ4n) is 3.37. The number of halogens is 6. The molecular weight excluding hydrogens is 499 g/mol. The molecule has 0 aliphatic heterocycles. The Kier molecular flexibility index (Phi) is 6.07. The predicted molar refractivity (Wildman–Crippen MR) is 116 cm³/mol. The Morgan fingerprint density at radius 1 is 1.17 bits per heavy atom. The summed E-state index contributed by atoms with van der Waals surface area (Å²) in [6, 6.07) is 4.15. The summed E-state index contributed by atoms with van der Waals surface area (Å²) in [7, 11) is 0. The van der Waals surface area contributed by atoms with E-state index in [2.05, 4.69) is 15.1 Å². The van der Waals surface area contributed by atoms with Gasteiger partial charge in [-0.25, -0.2) is 23.4 Å². The Morgan fingerprint density at radius 2 is 1.89 bits per heavy atom. The van der Waals surface area contributed by atoms with Crippen LogP contribution in [0, 0.1) is 18.6 Å². The van der Waals surface area contributed by atoms with E-state index in [4.69, 9.17) is 17.3 Å². The molecule has 0 saturated carbocycles. The first kappa shape index (κ1) is 24.3. The minimum atomic E-state index is -4.79. The number of nitrogens with zero attached hydrogens (tertiary/aromatic N) is 4. The van der Waals surface area contributed by atoms with E-state index in [9.17, 15) is 31.9 Å². The number of fused-ring (bicyclic) bond motifs is 1. The third kappa shape index (κ3) is 4.47. The van der Waals surface area contributed by atoms with Gasteiger partial charge < -0.3 is 16.2 Å². The molecular formula is C21H14ClF5N6O2. The Bertz CT molecular complexity index is 1470. The summed E-state index contributed by atoms with van der Waals surface area (Å²) >= 11 is 5.66.